The van der Waals surface area contributed by atoms with Gasteiger partial charge in [0.15, 0.2) is 0 Å². The van der Waals surface area contributed by atoms with Crippen LogP contribution in [0.25, 0.3) is 0 Å². The number of nitrogens with one attached hydrogen (secondary N) is 2. The minimum atomic E-state index is -0.662. The molecule has 7 nitrogen and oxygen atoms in total. The topological polar surface area (TPSA) is 93.7 Å². The maximum atomic E-state index is 11.8. The first-order valence-electron chi connectivity index (χ1n) is 7.49. The number of carbonyl (C=O) groups excluding carboxylic acids is 3. The zero-order chi connectivity index (χ0) is 17.2. The average molecular weight is 316 g/mol. The molecule has 0 saturated carbocycles. The summed E-state index contributed by atoms with van der Waals surface area (Å²) in [5.74, 6) is -0.488. The lowest BCUT2D eigenvalue weighted by molar-refractivity contribution is -0.140. The van der Waals surface area contributed by atoms with Gasteiger partial charge in [0.25, 0.3) is 0 Å². The Kier molecular flexibility index (Phi) is 9.21. The van der Waals surface area contributed by atoms with Gasteiger partial charge in [-0.25, -0.2) is 4.79 Å². The zero-order valence-electron chi connectivity index (χ0n) is 14.2. The fourth-order valence-electron chi connectivity index (χ4n) is 1.59. The molecule has 0 radical (unpaired) electrons. The monoisotopic (exact) mass is 316 g/mol. The number of methoxy groups -OCH3 is 1. The molecular weight excluding hydrogens is 288 g/mol. The standard InChI is InChI=1S/C15H28N2O5/c1-11(17-14(20)22-15(2,3)4)13(19)16-10-8-6-7-9-12(18)21-5/h11H,6-10H2,1-5H3,(H,16,19)(H,17,20)/t11-/m0/s1. The molecule has 0 aliphatic heterocycles. The summed E-state index contributed by atoms with van der Waals surface area (Å²) in [7, 11) is 1.36. The third-order valence-electron chi connectivity index (χ3n) is 2.71. The fourth-order valence-corrected chi connectivity index (χ4v) is 1.59. The summed E-state index contributed by atoms with van der Waals surface area (Å²) in [4.78, 5) is 34.2. The molecule has 0 unspecified atom stereocenters. The number of rotatable bonds is 8. The van der Waals surface area contributed by atoms with Crippen molar-refractivity contribution in [3.63, 3.8) is 0 Å². The maximum Gasteiger partial charge on any atom is 0.408 e. The van der Waals surface area contributed by atoms with Crippen LogP contribution in [0.15, 0.2) is 0 Å². The van der Waals surface area contributed by atoms with Gasteiger partial charge >= 0.3 is 12.1 Å². The Bertz CT molecular complexity index is 377. The minimum absolute atomic E-state index is 0.223. The van der Waals surface area contributed by atoms with Crippen molar-refractivity contribution in [3.05, 3.63) is 0 Å². The van der Waals surface area contributed by atoms with Crippen molar-refractivity contribution in [1.82, 2.24) is 10.6 Å². The Balaban J connectivity index is 3.79. The van der Waals surface area contributed by atoms with E-state index in [-0.39, 0.29) is 11.9 Å². The molecular formula is C15H28N2O5. The summed E-state index contributed by atoms with van der Waals surface area (Å²) in [6.45, 7) is 7.36. The Morgan fingerprint density at radius 3 is 2.27 bits per heavy atom. The summed E-state index contributed by atoms with van der Waals surface area (Å²) >= 11 is 0. The quantitative estimate of drug-likeness (QED) is 0.525. The van der Waals surface area contributed by atoms with Gasteiger partial charge in [0.2, 0.25) is 5.91 Å². The molecule has 0 saturated heterocycles. The van der Waals surface area contributed by atoms with Gasteiger partial charge in [-0.3, -0.25) is 9.59 Å². The van der Waals surface area contributed by atoms with Gasteiger partial charge in [-0.05, 0) is 40.5 Å². The second kappa shape index (κ2) is 10.0. The lowest BCUT2D eigenvalue weighted by atomic mass is 10.2. The van der Waals surface area contributed by atoms with Crippen molar-refractivity contribution in [2.75, 3.05) is 13.7 Å². The molecule has 0 rings (SSSR count). The van der Waals surface area contributed by atoms with E-state index in [9.17, 15) is 14.4 Å². The van der Waals surface area contributed by atoms with Gasteiger partial charge in [-0.1, -0.05) is 6.42 Å². The van der Waals surface area contributed by atoms with E-state index >= 15 is 0 Å². The van der Waals surface area contributed by atoms with Crippen molar-refractivity contribution in [2.45, 2.75) is 65.0 Å². The number of esters is 1. The van der Waals surface area contributed by atoms with E-state index in [0.29, 0.717) is 13.0 Å². The fraction of sp³-hybridized carbons (Fsp3) is 0.800. The number of alkyl carbamates (subject to hydrolysis) is 1. The summed E-state index contributed by atoms with van der Waals surface area (Å²) in [6, 6.07) is -0.662. The van der Waals surface area contributed by atoms with Crippen molar-refractivity contribution in [2.24, 2.45) is 0 Å². The van der Waals surface area contributed by atoms with Gasteiger partial charge in [0.1, 0.15) is 11.6 Å². The van der Waals surface area contributed by atoms with E-state index in [1.807, 2.05) is 0 Å². The van der Waals surface area contributed by atoms with Gasteiger partial charge < -0.3 is 20.1 Å². The van der Waals surface area contributed by atoms with Crippen molar-refractivity contribution >= 4 is 18.0 Å². The summed E-state index contributed by atoms with van der Waals surface area (Å²) < 4.78 is 9.61. The van der Waals surface area contributed by atoms with Crippen LogP contribution in [-0.2, 0) is 19.1 Å². The third kappa shape index (κ3) is 10.9. The SMILES string of the molecule is COC(=O)CCCCCNC(=O)[C@H](C)NC(=O)OC(C)(C)C. The molecule has 2 amide bonds. The lowest BCUT2D eigenvalue weighted by Gasteiger charge is -2.21. The average Bonchev–Trinajstić information content (AvgIpc) is 2.39. The first-order valence-corrected chi connectivity index (χ1v) is 7.49. The Morgan fingerprint density at radius 1 is 1.09 bits per heavy atom. The smallest absolute Gasteiger partial charge is 0.408 e. The normalized spacial score (nSPS) is 12.2. The highest BCUT2D eigenvalue weighted by Gasteiger charge is 2.20. The molecule has 22 heavy (non-hydrogen) atoms. The Hall–Kier alpha value is -1.79. The summed E-state index contributed by atoms with van der Waals surface area (Å²) in [5, 5.41) is 5.20. The number of ether oxygens (including phenoxy) is 2. The van der Waals surface area contributed by atoms with Crippen molar-refractivity contribution < 1.29 is 23.9 Å². The molecule has 0 heterocycles. The van der Waals surface area contributed by atoms with Crippen LogP contribution in [0, 0.1) is 0 Å². The molecule has 0 bridgehead atoms. The van der Waals surface area contributed by atoms with Crippen molar-refractivity contribution in [3.8, 4) is 0 Å². The molecule has 0 spiro atoms. The number of amides is 2. The number of hydrogen-bond acceptors (Lipinski definition) is 5. The number of carbonyl (C=O) groups is 3. The number of unbranched alkanes of at least 4 members (excludes halogenated alkanes) is 2. The predicted octanol–water partition coefficient (Wildman–Crippen LogP) is 1.75. The van der Waals surface area contributed by atoms with Crippen LogP contribution in [0.5, 0.6) is 0 Å². The molecule has 0 fully saturated rings. The van der Waals surface area contributed by atoms with E-state index in [1.54, 1.807) is 27.7 Å². The molecule has 0 aromatic carbocycles. The highest BCUT2D eigenvalue weighted by Crippen LogP contribution is 2.06. The van der Waals surface area contributed by atoms with Crippen LogP contribution in [0.3, 0.4) is 0 Å². The van der Waals surface area contributed by atoms with E-state index < -0.39 is 17.7 Å². The molecule has 128 valence electrons. The van der Waals surface area contributed by atoms with E-state index in [0.717, 1.165) is 19.3 Å². The van der Waals surface area contributed by atoms with E-state index in [4.69, 9.17) is 4.74 Å². The molecule has 7 heteroatoms. The van der Waals surface area contributed by atoms with E-state index in [1.165, 1.54) is 7.11 Å². The van der Waals surface area contributed by atoms with Crippen LogP contribution < -0.4 is 10.6 Å². The second-order valence-corrected chi connectivity index (χ2v) is 6.05. The molecule has 0 aromatic rings. The number of hydrogen-bond donors (Lipinski definition) is 2. The second-order valence-electron chi connectivity index (χ2n) is 6.05. The highest BCUT2D eigenvalue weighted by atomic mass is 16.6. The minimum Gasteiger partial charge on any atom is -0.469 e. The summed E-state index contributed by atoms with van der Waals surface area (Å²) in [5.41, 5.74) is -0.597. The van der Waals surface area contributed by atoms with Crippen LogP contribution in [-0.4, -0.2) is 43.3 Å². The molecule has 0 aliphatic carbocycles. The van der Waals surface area contributed by atoms with Crippen LogP contribution in [0.1, 0.15) is 53.4 Å². The molecule has 0 aliphatic rings. The Morgan fingerprint density at radius 2 is 1.73 bits per heavy atom. The largest absolute Gasteiger partial charge is 0.469 e. The molecule has 2 N–H and O–H groups in total. The first kappa shape index (κ1) is 20.2. The highest BCUT2D eigenvalue weighted by molar-refractivity contribution is 5.85. The predicted molar refractivity (Wildman–Crippen MR) is 82.3 cm³/mol. The summed E-state index contributed by atoms with van der Waals surface area (Å²) in [6.07, 6.45) is 2.09. The zero-order valence-corrected chi connectivity index (χ0v) is 14.2. The van der Waals surface area contributed by atoms with Crippen LogP contribution >= 0.6 is 0 Å². The van der Waals surface area contributed by atoms with E-state index in [2.05, 4.69) is 15.4 Å². The molecule has 0 aromatic heterocycles. The maximum absolute atomic E-state index is 11.8. The molecule has 1 atom stereocenters. The lowest BCUT2D eigenvalue weighted by Crippen LogP contribution is -2.46. The van der Waals surface area contributed by atoms with Crippen LogP contribution in [0.2, 0.25) is 0 Å². The van der Waals surface area contributed by atoms with Crippen molar-refractivity contribution in [1.29, 1.82) is 0 Å². The van der Waals surface area contributed by atoms with Gasteiger partial charge in [-0.2, -0.15) is 0 Å². The van der Waals surface area contributed by atoms with Gasteiger partial charge in [0, 0.05) is 13.0 Å². The Labute approximate surface area is 132 Å². The van der Waals surface area contributed by atoms with Crippen LogP contribution in [0.4, 0.5) is 4.79 Å². The van der Waals surface area contributed by atoms with Gasteiger partial charge in [-0.15, -0.1) is 0 Å². The first-order chi connectivity index (χ1) is 10.2. The third-order valence-corrected chi connectivity index (χ3v) is 2.71. The van der Waals surface area contributed by atoms with Gasteiger partial charge in [0.05, 0.1) is 7.11 Å².